The molecule has 1 unspecified atom stereocenters. The molecule has 0 bridgehead atoms. The van der Waals surface area contributed by atoms with Crippen molar-refractivity contribution in [3.63, 3.8) is 0 Å². The predicted octanol–water partition coefficient (Wildman–Crippen LogP) is 1.82. The fourth-order valence-electron chi connectivity index (χ4n) is 1.50. The van der Waals surface area contributed by atoms with Crippen molar-refractivity contribution >= 4 is 17.1 Å². The van der Waals surface area contributed by atoms with Gasteiger partial charge in [-0.1, -0.05) is 6.07 Å². The maximum absolute atomic E-state index is 11.1. The Bertz CT molecular complexity index is 396. The van der Waals surface area contributed by atoms with Gasteiger partial charge in [0.1, 0.15) is 11.4 Å². The number of nitrogens with zero attached hydrogens (tertiary/aromatic N) is 1. The number of nitro groups is 1. The quantitative estimate of drug-likeness (QED) is 0.520. The lowest BCUT2D eigenvalue weighted by Crippen LogP contribution is -2.20. The van der Waals surface area contributed by atoms with Gasteiger partial charge in [-0.05, 0) is 26.0 Å². The number of para-hydroxylation sites is 1. The summed E-state index contributed by atoms with van der Waals surface area (Å²) in [7, 11) is 0. The topological polar surface area (TPSA) is 87.4 Å². The molecule has 0 heterocycles. The van der Waals surface area contributed by atoms with Gasteiger partial charge >= 0.3 is 5.69 Å². The van der Waals surface area contributed by atoms with Crippen molar-refractivity contribution in [2.45, 2.75) is 19.9 Å². The van der Waals surface area contributed by atoms with E-state index in [1.165, 1.54) is 0 Å². The van der Waals surface area contributed by atoms with Crippen LogP contribution in [0.25, 0.3) is 0 Å². The Morgan fingerprint density at radius 2 is 2.12 bits per heavy atom. The van der Waals surface area contributed by atoms with Crippen LogP contribution in [0.1, 0.15) is 13.8 Å². The highest BCUT2D eigenvalue weighted by molar-refractivity contribution is 5.76. The molecule has 1 atom stereocenters. The Labute approximate surface area is 99.8 Å². The Hall–Kier alpha value is -1.82. The van der Waals surface area contributed by atoms with Gasteiger partial charge in [-0.2, -0.15) is 0 Å². The maximum atomic E-state index is 11.1. The first-order chi connectivity index (χ1) is 8.10. The number of aliphatic hydroxyl groups excluding tert-OH is 1. The molecule has 0 aliphatic rings. The first-order valence-corrected chi connectivity index (χ1v) is 5.48. The molecule has 1 aromatic carbocycles. The number of hydrogen-bond acceptors (Lipinski definition) is 5. The van der Waals surface area contributed by atoms with Crippen LogP contribution >= 0.6 is 0 Å². The van der Waals surface area contributed by atoms with Crippen molar-refractivity contribution in [2.75, 3.05) is 23.8 Å². The zero-order valence-corrected chi connectivity index (χ0v) is 9.93. The van der Waals surface area contributed by atoms with E-state index in [2.05, 4.69) is 10.6 Å². The Morgan fingerprint density at radius 3 is 2.65 bits per heavy atom. The number of benzene rings is 1. The van der Waals surface area contributed by atoms with Crippen molar-refractivity contribution in [2.24, 2.45) is 0 Å². The van der Waals surface area contributed by atoms with Crippen molar-refractivity contribution < 1.29 is 10.0 Å². The zero-order valence-electron chi connectivity index (χ0n) is 9.93. The molecule has 0 fully saturated rings. The third kappa shape index (κ3) is 3.32. The Kier molecular flexibility index (Phi) is 4.71. The molecule has 6 nitrogen and oxygen atoms in total. The summed E-state index contributed by atoms with van der Waals surface area (Å²) >= 11 is 0. The lowest BCUT2D eigenvalue weighted by molar-refractivity contribution is -0.383. The van der Waals surface area contributed by atoms with Crippen LogP contribution in [0.3, 0.4) is 0 Å². The molecule has 1 aromatic rings. The Balaban J connectivity index is 3.10. The summed E-state index contributed by atoms with van der Waals surface area (Å²) in [5.41, 5.74) is 0.900. The average Bonchev–Trinajstić information content (AvgIpc) is 2.29. The van der Waals surface area contributed by atoms with E-state index in [-0.39, 0.29) is 18.3 Å². The van der Waals surface area contributed by atoms with Crippen molar-refractivity contribution in [3.05, 3.63) is 28.3 Å². The van der Waals surface area contributed by atoms with Gasteiger partial charge in [-0.15, -0.1) is 0 Å². The van der Waals surface area contributed by atoms with Crippen LogP contribution in [0.5, 0.6) is 0 Å². The third-order valence-corrected chi connectivity index (χ3v) is 2.26. The number of aliphatic hydroxyl groups is 1. The summed E-state index contributed by atoms with van der Waals surface area (Å²) in [5.74, 6) is 0. The van der Waals surface area contributed by atoms with Crippen LogP contribution < -0.4 is 10.6 Å². The highest BCUT2D eigenvalue weighted by atomic mass is 16.6. The van der Waals surface area contributed by atoms with E-state index in [4.69, 9.17) is 5.11 Å². The van der Waals surface area contributed by atoms with Crippen molar-refractivity contribution in [1.82, 2.24) is 0 Å². The number of anilines is 2. The van der Waals surface area contributed by atoms with E-state index in [0.29, 0.717) is 17.9 Å². The smallest absolute Gasteiger partial charge is 0.315 e. The molecule has 0 saturated carbocycles. The molecule has 94 valence electrons. The Morgan fingerprint density at radius 1 is 1.47 bits per heavy atom. The minimum atomic E-state index is -0.426. The monoisotopic (exact) mass is 239 g/mol. The first-order valence-electron chi connectivity index (χ1n) is 5.48. The van der Waals surface area contributed by atoms with Crippen LogP contribution in [0.2, 0.25) is 0 Å². The molecule has 6 heteroatoms. The van der Waals surface area contributed by atoms with Crippen molar-refractivity contribution in [3.8, 4) is 0 Å². The van der Waals surface area contributed by atoms with E-state index in [1.807, 2.05) is 6.92 Å². The molecule has 3 N–H and O–H groups in total. The number of nitro benzene ring substituents is 1. The van der Waals surface area contributed by atoms with Gasteiger partial charge < -0.3 is 15.7 Å². The number of rotatable bonds is 6. The summed E-state index contributed by atoms with van der Waals surface area (Å²) in [6.07, 6.45) is 0. The summed E-state index contributed by atoms with van der Waals surface area (Å²) in [5, 5.41) is 25.9. The van der Waals surface area contributed by atoms with Gasteiger partial charge in [-0.25, -0.2) is 0 Å². The third-order valence-electron chi connectivity index (χ3n) is 2.26. The van der Waals surface area contributed by atoms with E-state index in [1.54, 1.807) is 25.1 Å². The van der Waals surface area contributed by atoms with E-state index in [9.17, 15) is 10.1 Å². The molecule has 17 heavy (non-hydrogen) atoms. The predicted molar refractivity (Wildman–Crippen MR) is 67.4 cm³/mol. The normalized spacial score (nSPS) is 11.9. The van der Waals surface area contributed by atoms with E-state index in [0.717, 1.165) is 0 Å². The first kappa shape index (κ1) is 13.2. The molecule has 0 aliphatic heterocycles. The molecule has 0 saturated heterocycles. The molecule has 0 radical (unpaired) electrons. The second-order valence-corrected chi connectivity index (χ2v) is 3.72. The van der Waals surface area contributed by atoms with Gasteiger partial charge in [0, 0.05) is 12.6 Å². The zero-order chi connectivity index (χ0) is 12.8. The second-order valence-electron chi connectivity index (χ2n) is 3.72. The lowest BCUT2D eigenvalue weighted by Gasteiger charge is -2.14. The summed E-state index contributed by atoms with van der Waals surface area (Å²) in [4.78, 5) is 10.6. The molecule has 0 spiro atoms. The van der Waals surface area contributed by atoms with Crippen LogP contribution in [-0.4, -0.2) is 29.2 Å². The lowest BCUT2D eigenvalue weighted by atomic mass is 10.2. The van der Waals surface area contributed by atoms with Gasteiger partial charge in [-0.3, -0.25) is 10.1 Å². The summed E-state index contributed by atoms with van der Waals surface area (Å²) < 4.78 is 0. The molecular weight excluding hydrogens is 222 g/mol. The minimum absolute atomic E-state index is 0.00894. The van der Waals surface area contributed by atoms with Crippen LogP contribution in [-0.2, 0) is 0 Å². The molecule has 0 aromatic heterocycles. The van der Waals surface area contributed by atoms with Crippen LogP contribution in [0.4, 0.5) is 17.1 Å². The largest absolute Gasteiger partial charge is 0.394 e. The van der Waals surface area contributed by atoms with Crippen molar-refractivity contribution in [1.29, 1.82) is 0 Å². The van der Waals surface area contributed by atoms with Crippen LogP contribution in [0, 0.1) is 10.1 Å². The summed E-state index contributed by atoms with van der Waals surface area (Å²) in [6, 6.07) is 4.80. The fourth-order valence-corrected chi connectivity index (χ4v) is 1.50. The molecule has 0 aliphatic carbocycles. The summed E-state index contributed by atoms with van der Waals surface area (Å²) in [6.45, 7) is 4.16. The maximum Gasteiger partial charge on any atom is 0.315 e. The van der Waals surface area contributed by atoms with E-state index >= 15 is 0 Å². The van der Waals surface area contributed by atoms with Gasteiger partial charge in [0.25, 0.3) is 0 Å². The second kappa shape index (κ2) is 6.05. The highest BCUT2D eigenvalue weighted by Gasteiger charge is 2.19. The molecule has 0 amide bonds. The van der Waals surface area contributed by atoms with Gasteiger partial charge in [0.05, 0.1) is 11.5 Å². The average molecular weight is 239 g/mol. The molecular formula is C11H17N3O3. The van der Waals surface area contributed by atoms with E-state index < -0.39 is 4.92 Å². The number of hydrogen-bond donors (Lipinski definition) is 3. The SMILES string of the molecule is CCNc1cccc(NC(C)CO)c1[N+](=O)[O-]. The van der Waals surface area contributed by atoms with Gasteiger partial charge in [0.2, 0.25) is 0 Å². The molecule has 1 rings (SSSR count). The fraction of sp³-hybridized carbons (Fsp3) is 0.455. The van der Waals surface area contributed by atoms with Gasteiger partial charge in [0.15, 0.2) is 0 Å². The standard InChI is InChI=1S/C11H17N3O3/c1-3-12-9-5-4-6-10(11(9)14(16)17)13-8(2)7-15/h4-6,8,12-13,15H,3,7H2,1-2H3. The highest BCUT2D eigenvalue weighted by Crippen LogP contribution is 2.32. The minimum Gasteiger partial charge on any atom is -0.394 e. The number of nitrogens with one attached hydrogen (secondary N) is 2. The van der Waals surface area contributed by atoms with Crippen LogP contribution in [0.15, 0.2) is 18.2 Å².